The predicted molar refractivity (Wildman–Crippen MR) is 83.2 cm³/mol. The van der Waals surface area contributed by atoms with Gasteiger partial charge in [-0.25, -0.2) is 0 Å². The fraction of sp³-hybridized carbons (Fsp3) is 0.800. The van der Waals surface area contributed by atoms with Crippen molar-refractivity contribution >= 4 is 17.8 Å². The average Bonchev–Trinajstić information content (AvgIpc) is 2.55. The number of amides is 2. The first kappa shape index (κ1) is 20.5. The lowest BCUT2D eigenvalue weighted by Gasteiger charge is -2.51. The first-order chi connectivity index (χ1) is 12.0. The lowest BCUT2D eigenvalue weighted by Crippen LogP contribution is -2.83. The second-order valence-electron chi connectivity index (χ2n) is 6.95. The summed E-state index contributed by atoms with van der Waals surface area (Å²) in [5.74, 6) is -3.96. The third-order valence-corrected chi connectivity index (χ3v) is 4.91. The maximum absolute atomic E-state index is 12.6. The molecule has 0 aromatic carbocycles. The number of nitrogens with one attached hydrogen (secondary N) is 2. The fourth-order valence-electron chi connectivity index (χ4n) is 3.25. The summed E-state index contributed by atoms with van der Waals surface area (Å²) in [5.41, 5.74) is -6.84. The Morgan fingerprint density at radius 1 is 1.38 bits per heavy atom. The van der Waals surface area contributed by atoms with Gasteiger partial charge in [0.05, 0.1) is 13.2 Å². The van der Waals surface area contributed by atoms with Crippen LogP contribution in [0.25, 0.3) is 0 Å². The molecule has 0 aromatic rings. The van der Waals surface area contributed by atoms with Gasteiger partial charge in [-0.3, -0.25) is 14.4 Å². The topological polar surface area (TPSA) is 186 Å². The Morgan fingerprint density at radius 2 is 2.04 bits per heavy atom. The molecule has 11 heteroatoms. The molecule has 0 spiro atoms. The van der Waals surface area contributed by atoms with Gasteiger partial charge in [-0.15, -0.1) is 0 Å². The molecule has 0 aromatic heterocycles. The molecule has 3 heterocycles. The van der Waals surface area contributed by atoms with Gasteiger partial charge >= 0.3 is 5.97 Å². The largest absolute Gasteiger partial charge is 0.481 e. The number of hydrogen-bond donors (Lipinski definition) is 7. The first-order valence-corrected chi connectivity index (χ1v) is 8.24. The highest BCUT2D eigenvalue weighted by Gasteiger charge is 2.64. The molecular weight excluding hydrogens is 352 g/mol. The van der Waals surface area contributed by atoms with Crippen molar-refractivity contribution in [3.63, 3.8) is 0 Å². The van der Waals surface area contributed by atoms with Gasteiger partial charge in [0.15, 0.2) is 0 Å². The maximum atomic E-state index is 12.6. The molecule has 3 fully saturated rings. The van der Waals surface area contributed by atoms with Crippen molar-refractivity contribution in [1.29, 1.82) is 0 Å². The van der Waals surface area contributed by atoms with E-state index < -0.39 is 53.5 Å². The summed E-state index contributed by atoms with van der Waals surface area (Å²) in [4.78, 5) is 35.7. The van der Waals surface area contributed by atoms with E-state index in [1.54, 1.807) is 0 Å². The smallest absolute Gasteiger partial charge is 0.303 e. The lowest BCUT2D eigenvalue weighted by molar-refractivity contribution is -0.241. The number of piperazine rings is 1. The molecule has 0 unspecified atom stereocenters. The van der Waals surface area contributed by atoms with Gasteiger partial charge in [0.2, 0.25) is 5.72 Å². The van der Waals surface area contributed by atoms with Gasteiger partial charge in [0, 0.05) is 12.3 Å². The first-order valence-electron chi connectivity index (χ1n) is 8.24. The summed E-state index contributed by atoms with van der Waals surface area (Å²) in [6.07, 6.45) is -1.76. The zero-order valence-corrected chi connectivity index (χ0v) is 14.3. The van der Waals surface area contributed by atoms with Crippen LogP contribution in [0.2, 0.25) is 0 Å². The fourth-order valence-corrected chi connectivity index (χ4v) is 3.25. The van der Waals surface area contributed by atoms with Crippen molar-refractivity contribution in [2.75, 3.05) is 13.2 Å². The number of rotatable bonds is 7. The molecule has 5 atom stereocenters. The molecule has 0 aliphatic carbocycles. The van der Waals surface area contributed by atoms with E-state index in [9.17, 15) is 34.8 Å². The summed E-state index contributed by atoms with van der Waals surface area (Å²) in [6.45, 7) is -0.0136. The minimum atomic E-state index is -2.37. The number of hydrogen-bond acceptors (Lipinski definition) is 8. The van der Waals surface area contributed by atoms with E-state index in [0.29, 0.717) is 0 Å². The van der Waals surface area contributed by atoms with Gasteiger partial charge in [0.25, 0.3) is 17.5 Å². The Morgan fingerprint density at radius 3 is 2.62 bits per heavy atom. The molecule has 0 radical (unpaired) electrons. The zero-order valence-electron chi connectivity index (χ0n) is 14.3. The molecule has 2 amide bonds. The van der Waals surface area contributed by atoms with Crippen LogP contribution >= 0.6 is 0 Å². The molecule has 3 aliphatic rings. The van der Waals surface area contributed by atoms with Gasteiger partial charge < -0.3 is 40.9 Å². The van der Waals surface area contributed by atoms with Crippen molar-refractivity contribution in [3.05, 3.63) is 0 Å². The van der Waals surface area contributed by atoms with E-state index in [1.165, 1.54) is 0 Å². The molecule has 3 saturated heterocycles. The monoisotopic (exact) mass is 376 g/mol. The Kier molecular flexibility index (Phi) is 5.59. The number of ether oxygens (including phenoxy) is 1. The molecular formula is C15H24N2O9. The number of carbonyl (C=O) groups is 3. The third-order valence-electron chi connectivity index (χ3n) is 4.91. The number of aliphatic hydroxyl groups is 4. The minimum Gasteiger partial charge on any atom is -0.481 e. The highest BCUT2D eigenvalue weighted by atomic mass is 16.5. The highest BCUT2D eigenvalue weighted by molar-refractivity contribution is 6.01. The highest BCUT2D eigenvalue weighted by Crippen LogP contribution is 2.35. The predicted octanol–water partition coefficient (Wildman–Crippen LogP) is -2.99. The number of aliphatic hydroxyl groups excluding tert-OH is 2. The molecule has 7 N–H and O–H groups in total. The molecule has 0 saturated carbocycles. The van der Waals surface area contributed by atoms with E-state index in [2.05, 4.69) is 10.6 Å². The standard InChI is InChI=1S/C15H24N2O9/c1-13(24,7-18)10(21)15-12(23)16-14(25,11(22)17-15)8(5-6-26-15)3-2-4-9(19)20/h8,10,18,21,24-25H,2-7H2,1H3,(H,16,23)(H,17,22)(H,19,20)/t8-,10-,13-,14-,15+/m1/s1. The number of aliphatic carboxylic acids is 1. The van der Waals surface area contributed by atoms with Crippen LogP contribution in [-0.2, 0) is 19.1 Å². The maximum Gasteiger partial charge on any atom is 0.303 e. The third kappa shape index (κ3) is 3.40. The van der Waals surface area contributed by atoms with Crippen LogP contribution in [0, 0.1) is 5.92 Å². The number of carboxylic acid groups (broad SMARTS) is 1. The number of carboxylic acids is 1. The number of carbonyl (C=O) groups excluding carboxylic acids is 2. The minimum absolute atomic E-state index is 0.0968. The van der Waals surface area contributed by atoms with Crippen molar-refractivity contribution in [3.8, 4) is 0 Å². The molecule has 3 rings (SSSR count). The van der Waals surface area contributed by atoms with Crippen LogP contribution in [0.5, 0.6) is 0 Å². The second kappa shape index (κ2) is 7.08. The SMILES string of the molecule is C[C@@](O)(CO)[C@@H](O)[C@@]12NC(=O)[C@@](O)(NC1=O)[C@H](CCCC(=O)O)CCO2. The number of fused-ring (bicyclic) bond motifs is 5. The van der Waals surface area contributed by atoms with Crippen molar-refractivity contribution < 1.29 is 44.7 Å². The second-order valence-corrected chi connectivity index (χ2v) is 6.95. The van der Waals surface area contributed by atoms with E-state index in [-0.39, 0.29) is 32.3 Å². The van der Waals surface area contributed by atoms with Crippen LogP contribution in [0.15, 0.2) is 0 Å². The van der Waals surface area contributed by atoms with Gasteiger partial charge in [0.1, 0.15) is 11.7 Å². The zero-order chi connectivity index (χ0) is 19.8. The van der Waals surface area contributed by atoms with Crippen LogP contribution in [-0.4, -0.2) is 79.7 Å². The van der Waals surface area contributed by atoms with E-state index >= 15 is 0 Å². The normalized spacial score (nSPS) is 34.9. The van der Waals surface area contributed by atoms with Crippen LogP contribution < -0.4 is 10.6 Å². The van der Waals surface area contributed by atoms with Gasteiger partial charge in [-0.1, -0.05) is 0 Å². The van der Waals surface area contributed by atoms with Crippen molar-refractivity contribution in [2.24, 2.45) is 5.92 Å². The Hall–Kier alpha value is -1.79. The van der Waals surface area contributed by atoms with E-state index in [4.69, 9.17) is 9.84 Å². The van der Waals surface area contributed by atoms with Crippen LogP contribution in [0.1, 0.15) is 32.6 Å². The molecule has 26 heavy (non-hydrogen) atoms. The van der Waals surface area contributed by atoms with Crippen molar-refractivity contribution in [2.45, 2.75) is 55.8 Å². The average molecular weight is 376 g/mol. The molecule has 11 nitrogen and oxygen atoms in total. The summed E-state index contributed by atoms with van der Waals surface area (Å²) in [6, 6.07) is 0. The summed E-state index contributed by atoms with van der Waals surface area (Å²) in [7, 11) is 0. The lowest BCUT2D eigenvalue weighted by atomic mass is 9.80. The Labute approximate surface area is 149 Å². The van der Waals surface area contributed by atoms with E-state index in [1.807, 2.05) is 0 Å². The molecule has 148 valence electrons. The summed E-state index contributed by atoms with van der Waals surface area (Å²) < 4.78 is 5.40. The van der Waals surface area contributed by atoms with E-state index in [0.717, 1.165) is 6.92 Å². The quantitative estimate of drug-likeness (QED) is 0.243. The molecule has 2 bridgehead atoms. The van der Waals surface area contributed by atoms with Crippen molar-refractivity contribution in [1.82, 2.24) is 10.6 Å². The molecule has 3 aliphatic heterocycles. The van der Waals surface area contributed by atoms with Crippen LogP contribution in [0.3, 0.4) is 0 Å². The Balaban J connectivity index is 2.28. The van der Waals surface area contributed by atoms with Crippen LogP contribution in [0.4, 0.5) is 0 Å². The van der Waals surface area contributed by atoms with Gasteiger partial charge in [-0.2, -0.15) is 0 Å². The summed E-state index contributed by atoms with van der Waals surface area (Å²) in [5, 5.41) is 53.4. The Bertz CT molecular complexity index is 596. The van der Waals surface area contributed by atoms with Gasteiger partial charge in [-0.05, 0) is 26.2 Å². The summed E-state index contributed by atoms with van der Waals surface area (Å²) >= 11 is 0.